The maximum absolute atomic E-state index is 6.77. The zero-order chi connectivity index (χ0) is 47.7. The van der Waals surface area contributed by atoms with Crippen LogP contribution in [0.3, 0.4) is 0 Å². The van der Waals surface area contributed by atoms with E-state index in [9.17, 15) is 0 Å². The molecular formula is C66H43BN4O2. The standard InChI is InChI=1S/C66H43BN4O2/c1-5-20-42(21-6-1)68(53-32-19-33-54-61(53)47-28-13-16-31-52(47)69(54)43-22-7-2-8-23-43)46-40-55-64-56(41-46)71(45-26-11-4-12-27-45)66-51(37-39-60-63(66)49-30-15-18-35-58(49)73-60)67(64)50-36-38-59-62(48-29-14-17-34-57(48)72-59)65(50)70(55)44-24-9-3-10-25-44/h1-41,53,61H. The molecule has 3 aliphatic heterocycles. The van der Waals surface area contributed by atoms with Gasteiger partial charge in [-0.3, -0.25) is 0 Å². The van der Waals surface area contributed by atoms with Gasteiger partial charge in [-0.15, -0.1) is 0 Å². The first-order valence-corrected chi connectivity index (χ1v) is 25.2. The third-order valence-electron chi connectivity index (χ3n) is 15.7. The lowest BCUT2D eigenvalue weighted by atomic mass is 9.33. The number of hydrogen-bond donors (Lipinski definition) is 0. The normalized spacial score (nSPS) is 16.1. The first kappa shape index (κ1) is 40.3. The van der Waals surface area contributed by atoms with Crippen molar-refractivity contribution in [3.05, 3.63) is 260 Å². The van der Waals surface area contributed by atoms with Crippen molar-refractivity contribution < 1.29 is 8.83 Å². The number of benzene rings is 10. The first-order valence-electron chi connectivity index (χ1n) is 25.2. The molecule has 1 aliphatic carbocycles. The van der Waals surface area contributed by atoms with Crippen molar-refractivity contribution in [2.24, 2.45) is 0 Å². The lowest BCUT2D eigenvalue weighted by molar-refractivity contribution is 0.668. The number of rotatable bonds is 6. The molecule has 0 N–H and O–H groups in total. The highest BCUT2D eigenvalue weighted by Gasteiger charge is 2.48. The van der Waals surface area contributed by atoms with Gasteiger partial charge in [-0.05, 0) is 119 Å². The number of hydrogen-bond acceptors (Lipinski definition) is 6. The van der Waals surface area contributed by atoms with Gasteiger partial charge in [-0.1, -0.05) is 152 Å². The fourth-order valence-corrected chi connectivity index (χ4v) is 12.9. The summed E-state index contributed by atoms with van der Waals surface area (Å²) in [6.45, 7) is -0.157. The summed E-state index contributed by atoms with van der Waals surface area (Å²) in [7, 11) is 0. The fraction of sp³-hybridized carbons (Fsp3) is 0.0303. The van der Waals surface area contributed by atoms with Gasteiger partial charge in [-0.25, -0.2) is 0 Å². The summed E-state index contributed by atoms with van der Waals surface area (Å²) in [6.07, 6.45) is 7.01. The van der Waals surface area contributed by atoms with Gasteiger partial charge < -0.3 is 28.4 Å². The quantitative estimate of drug-likeness (QED) is 0.155. The minimum Gasteiger partial charge on any atom is -0.456 e. The molecule has 0 fully saturated rings. The van der Waals surface area contributed by atoms with Crippen LogP contribution in [0.4, 0.5) is 56.9 Å². The van der Waals surface area contributed by atoms with Gasteiger partial charge >= 0.3 is 0 Å². The Balaban J connectivity index is 1.04. The average molecular weight is 935 g/mol. The Morgan fingerprint density at radius 1 is 0.411 bits per heavy atom. The van der Waals surface area contributed by atoms with Crippen LogP contribution in [-0.2, 0) is 0 Å². The number of anilines is 10. The van der Waals surface area contributed by atoms with E-state index in [0.29, 0.717) is 0 Å². The van der Waals surface area contributed by atoms with Crippen LogP contribution < -0.4 is 36.0 Å². The predicted octanol–water partition coefficient (Wildman–Crippen LogP) is 15.5. The summed E-state index contributed by atoms with van der Waals surface area (Å²) in [5.41, 5.74) is 20.9. The lowest BCUT2D eigenvalue weighted by Crippen LogP contribution is -2.61. The second kappa shape index (κ2) is 15.5. The van der Waals surface area contributed by atoms with E-state index < -0.39 is 0 Å². The van der Waals surface area contributed by atoms with Crippen LogP contribution in [0.25, 0.3) is 43.9 Å². The van der Waals surface area contributed by atoms with Gasteiger partial charge in [0.1, 0.15) is 22.3 Å². The molecule has 342 valence electrons. The molecule has 0 saturated heterocycles. The molecule has 16 rings (SSSR count). The Bertz CT molecular complexity index is 4080. The number of fused-ring (bicyclic) bond motifs is 15. The van der Waals surface area contributed by atoms with Crippen LogP contribution >= 0.6 is 0 Å². The highest BCUT2D eigenvalue weighted by molar-refractivity contribution is 7.01. The van der Waals surface area contributed by atoms with Gasteiger partial charge in [-0.2, -0.15) is 0 Å². The minimum atomic E-state index is -0.157. The summed E-state index contributed by atoms with van der Waals surface area (Å²) in [6, 6.07) is 83.5. The molecule has 2 unspecified atom stereocenters. The Morgan fingerprint density at radius 2 is 0.890 bits per heavy atom. The van der Waals surface area contributed by atoms with Crippen molar-refractivity contribution in [2.45, 2.75) is 12.0 Å². The van der Waals surface area contributed by atoms with Crippen LogP contribution in [0.1, 0.15) is 11.5 Å². The van der Waals surface area contributed by atoms with Crippen LogP contribution in [0.2, 0.25) is 0 Å². The van der Waals surface area contributed by atoms with Crippen LogP contribution in [0, 0.1) is 0 Å². The summed E-state index contributed by atoms with van der Waals surface area (Å²) < 4.78 is 13.5. The molecule has 0 spiro atoms. The van der Waals surface area contributed by atoms with E-state index in [0.717, 1.165) is 95.1 Å². The molecule has 2 aromatic heterocycles. The zero-order valence-electron chi connectivity index (χ0n) is 39.5. The Morgan fingerprint density at radius 3 is 1.45 bits per heavy atom. The van der Waals surface area contributed by atoms with E-state index in [1.54, 1.807) is 0 Å². The van der Waals surface area contributed by atoms with E-state index in [1.807, 2.05) is 0 Å². The molecule has 10 aromatic carbocycles. The molecule has 0 radical (unpaired) electrons. The molecule has 73 heavy (non-hydrogen) atoms. The van der Waals surface area contributed by atoms with E-state index >= 15 is 0 Å². The molecule has 7 heteroatoms. The maximum Gasteiger partial charge on any atom is 0.252 e. The molecule has 4 aliphatic rings. The van der Waals surface area contributed by atoms with Crippen molar-refractivity contribution in [1.29, 1.82) is 0 Å². The zero-order valence-corrected chi connectivity index (χ0v) is 39.5. The molecule has 5 heterocycles. The summed E-state index contributed by atoms with van der Waals surface area (Å²) >= 11 is 0. The van der Waals surface area contributed by atoms with Gasteiger partial charge in [0.25, 0.3) is 6.71 Å². The molecular weight excluding hydrogens is 892 g/mol. The average Bonchev–Trinajstić information content (AvgIpc) is 4.14. The SMILES string of the molecule is C1=CC(N(c2ccccc2)c2cc3c4c(c2)N(c2ccccc2)c2c(ccc5oc6ccccc6c25)B4c2ccc4oc5ccccc5c4c2N3c2ccccc2)C2C(=C1)N(c1ccccc1)c1ccccc12. The van der Waals surface area contributed by atoms with Gasteiger partial charge in [0.05, 0.1) is 34.1 Å². The second-order valence-corrected chi connectivity index (χ2v) is 19.5. The minimum absolute atomic E-state index is 0.00694. The van der Waals surface area contributed by atoms with Crippen molar-refractivity contribution in [2.75, 3.05) is 19.6 Å². The van der Waals surface area contributed by atoms with Crippen LogP contribution in [0.15, 0.2) is 263 Å². The van der Waals surface area contributed by atoms with E-state index in [2.05, 4.69) is 268 Å². The van der Waals surface area contributed by atoms with E-state index in [1.165, 1.54) is 33.3 Å². The summed E-state index contributed by atoms with van der Waals surface area (Å²) in [4.78, 5) is 10.1. The third kappa shape index (κ3) is 5.76. The van der Waals surface area contributed by atoms with Gasteiger partial charge in [0.15, 0.2) is 0 Å². The second-order valence-electron chi connectivity index (χ2n) is 19.5. The summed E-state index contributed by atoms with van der Waals surface area (Å²) in [5, 5.41) is 4.39. The Hall–Kier alpha value is -9.46. The van der Waals surface area contributed by atoms with Crippen LogP contribution in [0.5, 0.6) is 0 Å². The fourth-order valence-electron chi connectivity index (χ4n) is 12.9. The van der Waals surface area contributed by atoms with Crippen molar-refractivity contribution in [1.82, 2.24) is 0 Å². The molecule has 12 aromatic rings. The Kier molecular flexibility index (Phi) is 8.57. The first-order chi connectivity index (χ1) is 36.3. The molecule has 0 saturated carbocycles. The van der Waals surface area contributed by atoms with Crippen LogP contribution in [-0.4, -0.2) is 12.8 Å². The molecule has 0 amide bonds. The largest absolute Gasteiger partial charge is 0.456 e. The van der Waals surface area contributed by atoms with Crippen molar-refractivity contribution in [3.8, 4) is 0 Å². The van der Waals surface area contributed by atoms with Crippen molar-refractivity contribution in [3.63, 3.8) is 0 Å². The topological polar surface area (TPSA) is 39.2 Å². The number of nitrogens with zero attached hydrogens (tertiary/aromatic N) is 4. The lowest BCUT2D eigenvalue weighted by Gasteiger charge is -2.46. The highest BCUT2D eigenvalue weighted by atomic mass is 16.3. The van der Waals surface area contributed by atoms with Gasteiger partial charge in [0.2, 0.25) is 0 Å². The van der Waals surface area contributed by atoms with Gasteiger partial charge in [0, 0.05) is 62.0 Å². The molecule has 0 bridgehead atoms. The van der Waals surface area contributed by atoms with E-state index in [4.69, 9.17) is 8.83 Å². The monoisotopic (exact) mass is 934 g/mol. The summed E-state index contributed by atoms with van der Waals surface area (Å²) in [5.74, 6) is 0.00694. The number of para-hydroxylation sites is 7. The molecule has 6 nitrogen and oxygen atoms in total. The number of furan rings is 2. The Labute approximate surface area is 422 Å². The third-order valence-corrected chi connectivity index (χ3v) is 15.7. The highest BCUT2D eigenvalue weighted by Crippen LogP contribution is 2.55. The molecule has 2 atom stereocenters. The van der Waals surface area contributed by atoms with E-state index in [-0.39, 0.29) is 18.7 Å². The predicted molar refractivity (Wildman–Crippen MR) is 302 cm³/mol. The smallest absolute Gasteiger partial charge is 0.252 e. The number of allylic oxidation sites excluding steroid dienone is 2. The van der Waals surface area contributed by atoms with Crippen molar-refractivity contribution >= 4 is 124 Å². The maximum atomic E-state index is 6.77.